The molecule has 0 unspecified atom stereocenters. The number of halogens is 1. The van der Waals surface area contributed by atoms with Gasteiger partial charge in [0.25, 0.3) is 0 Å². The Hall–Kier alpha value is -0.820. The molecule has 1 aromatic rings. The topological polar surface area (TPSA) is 41.6 Å². The Morgan fingerprint density at radius 1 is 1.62 bits per heavy atom. The highest BCUT2D eigenvalue weighted by Gasteiger charge is 2.12. The van der Waals surface area contributed by atoms with Crippen LogP contribution in [0.15, 0.2) is 4.60 Å². The molecule has 0 atom stereocenters. The van der Waals surface area contributed by atoms with Gasteiger partial charge in [-0.05, 0) is 21.8 Å². The Labute approximate surface area is 86.5 Å². The van der Waals surface area contributed by atoms with Gasteiger partial charge in [-0.1, -0.05) is 13.8 Å². The van der Waals surface area contributed by atoms with Crippen LogP contribution in [0.5, 0.6) is 0 Å². The van der Waals surface area contributed by atoms with Gasteiger partial charge in [-0.2, -0.15) is 5.26 Å². The van der Waals surface area contributed by atoms with Crippen molar-refractivity contribution in [3.05, 3.63) is 16.1 Å². The second kappa shape index (κ2) is 3.93. The van der Waals surface area contributed by atoms with E-state index in [1.165, 1.54) is 0 Å². The van der Waals surface area contributed by atoms with E-state index < -0.39 is 0 Å². The molecule has 13 heavy (non-hydrogen) atoms. The van der Waals surface area contributed by atoms with E-state index in [0.29, 0.717) is 11.6 Å². The van der Waals surface area contributed by atoms with E-state index in [4.69, 9.17) is 5.26 Å². The number of nitrogens with zero attached hydrogens (tertiary/aromatic N) is 3. The van der Waals surface area contributed by atoms with Crippen LogP contribution < -0.4 is 0 Å². The molecule has 3 nitrogen and oxygen atoms in total. The van der Waals surface area contributed by atoms with Crippen molar-refractivity contribution in [1.29, 1.82) is 5.26 Å². The molecule has 0 aromatic carbocycles. The van der Waals surface area contributed by atoms with Crippen molar-refractivity contribution in [2.75, 3.05) is 0 Å². The van der Waals surface area contributed by atoms with Crippen LogP contribution in [-0.4, -0.2) is 9.55 Å². The highest BCUT2D eigenvalue weighted by atomic mass is 79.9. The van der Waals surface area contributed by atoms with Gasteiger partial charge in [0.15, 0.2) is 5.69 Å². The lowest BCUT2D eigenvalue weighted by molar-refractivity contribution is 0.600. The van der Waals surface area contributed by atoms with Crippen LogP contribution in [0.4, 0.5) is 0 Å². The zero-order valence-electron chi connectivity index (χ0n) is 8.00. The molecule has 70 valence electrons. The number of imidazole rings is 1. The number of hydrogen-bond acceptors (Lipinski definition) is 2. The van der Waals surface area contributed by atoms with Crippen molar-refractivity contribution >= 4 is 15.9 Å². The minimum absolute atomic E-state index is 0.471. The second-order valence-electron chi connectivity index (χ2n) is 3.44. The van der Waals surface area contributed by atoms with Crippen molar-refractivity contribution in [3.63, 3.8) is 0 Å². The molecule has 0 N–H and O–H groups in total. The van der Waals surface area contributed by atoms with Gasteiger partial charge in [0, 0.05) is 13.5 Å². The first-order chi connectivity index (χ1) is 6.06. The van der Waals surface area contributed by atoms with Gasteiger partial charge in [0.1, 0.15) is 16.5 Å². The molecule has 4 heteroatoms. The summed E-state index contributed by atoms with van der Waals surface area (Å²) in [5, 5.41) is 8.73. The van der Waals surface area contributed by atoms with Gasteiger partial charge in [-0.15, -0.1) is 0 Å². The van der Waals surface area contributed by atoms with Gasteiger partial charge >= 0.3 is 0 Å². The summed E-state index contributed by atoms with van der Waals surface area (Å²) in [6, 6.07) is 2.05. The first-order valence-electron chi connectivity index (χ1n) is 4.17. The fourth-order valence-corrected chi connectivity index (χ4v) is 1.52. The zero-order chi connectivity index (χ0) is 10.0. The van der Waals surface area contributed by atoms with Gasteiger partial charge < -0.3 is 4.57 Å². The quantitative estimate of drug-likeness (QED) is 0.798. The van der Waals surface area contributed by atoms with Crippen molar-refractivity contribution in [1.82, 2.24) is 9.55 Å². The molecule has 0 saturated heterocycles. The fraction of sp³-hybridized carbons (Fsp3) is 0.556. The predicted octanol–water partition coefficient (Wildman–Crippen LogP) is 2.25. The normalized spacial score (nSPS) is 10.5. The number of aromatic nitrogens is 2. The smallest absolute Gasteiger partial charge is 0.173 e. The molecule has 0 aliphatic carbocycles. The van der Waals surface area contributed by atoms with Crippen LogP contribution in [0.25, 0.3) is 0 Å². The van der Waals surface area contributed by atoms with Crippen LogP contribution in [0.3, 0.4) is 0 Å². The molecule has 1 heterocycles. The maximum Gasteiger partial charge on any atom is 0.173 e. The lowest BCUT2D eigenvalue weighted by atomic mass is 10.1. The predicted molar refractivity (Wildman–Crippen MR) is 54.2 cm³/mol. The summed E-state index contributed by atoms with van der Waals surface area (Å²) >= 11 is 3.33. The summed E-state index contributed by atoms with van der Waals surface area (Å²) in [7, 11) is 1.91. The lowest BCUT2D eigenvalue weighted by Gasteiger charge is -2.04. The average molecular weight is 242 g/mol. The maximum absolute atomic E-state index is 8.73. The third-order valence-corrected chi connectivity index (χ3v) is 2.72. The third-order valence-electron chi connectivity index (χ3n) is 1.81. The Balaban J connectivity index is 3.04. The van der Waals surface area contributed by atoms with Gasteiger partial charge in [-0.3, -0.25) is 0 Å². The third kappa shape index (κ3) is 2.10. The number of nitriles is 1. The van der Waals surface area contributed by atoms with Crippen LogP contribution in [0, 0.1) is 17.2 Å². The molecule has 0 spiro atoms. The maximum atomic E-state index is 8.73. The summed E-state index contributed by atoms with van der Waals surface area (Å²) in [6.45, 7) is 4.27. The average Bonchev–Trinajstić information content (AvgIpc) is 2.32. The minimum atomic E-state index is 0.471. The molecular formula is C9H12BrN3. The highest BCUT2D eigenvalue weighted by molar-refractivity contribution is 9.10. The summed E-state index contributed by atoms with van der Waals surface area (Å²) in [4.78, 5) is 4.22. The molecule has 0 aliphatic heterocycles. The number of hydrogen-bond donors (Lipinski definition) is 0. The van der Waals surface area contributed by atoms with Crippen LogP contribution in [-0.2, 0) is 13.5 Å². The van der Waals surface area contributed by atoms with Crippen molar-refractivity contribution in [2.24, 2.45) is 13.0 Å². The van der Waals surface area contributed by atoms with Crippen molar-refractivity contribution < 1.29 is 0 Å². The summed E-state index contributed by atoms with van der Waals surface area (Å²) in [6.07, 6.45) is 0.900. The summed E-state index contributed by atoms with van der Waals surface area (Å²) < 4.78 is 2.68. The molecule has 0 radical (unpaired) electrons. The van der Waals surface area contributed by atoms with E-state index in [0.717, 1.165) is 16.8 Å². The van der Waals surface area contributed by atoms with E-state index in [1.807, 2.05) is 11.6 Å². The fourth-order valence-electron chi connectivity index (χ4n) is 1.14. The summed E-state index contributed by atoms with van der Waals surface area (Å²) in [5.74, 6) is 1.51. The van der Waals surface area contributed by atoms with E-state index in [2.05, 4.69) is 40.8 Å². The van der Waals surface area contributed by atoms with E-state index in [1.54, 1.807) is 0 Å². The Morgan fingerprint density at radius 3 is 2.62 bits per heavy atom. The van der Waals surface area contributed by atoms with Crippen LogP contribution in [0.2, 0.25) is 0 Å². The van der Waals surface area contributed by atoms with Gasteiger partial charge in [0.05, 0.1) is 0 Å². The first-order valence-corrected chi connectivity index (χ1v) is 4.96. The Kier molecular flexibility index (Phi) is 3.10. The highest BCUT2D eigenvalue weighted by Crippen LogP contribution is 2.18. The van der Waals surface area contributed by atoms with Crippen molar-refractivity contribution in [2.45, 2.75) is 20.3 Å². The first kappa shape index (κ1) is 10.3. The minimum Gasteiger partial charge on any atom is -0.325 e. The van der Waals surface area contributed by atoms with Crippen LogP contribution >= 0.6 is 15.9 Å². The van der Waals surface area contributed by atoms with E-state index in [9.17, 15) is 0 Å². The molecular weight excluding hydrogens is 230 g/mol. The molecule has 1 aromatic heterocycles. The van der Waals surface area contributed by atoms with Gasteiger partial charge in [0.2, 0.25) is 0 Å². The van der Waals surface area contributed by atoms with Crippen LogP contribution in [0.1, 0.15) is 25.4 Å². The summed E-state index contributed by atoms with van der Waals surface area (Å²) in [5.41, 5.74) is 0.471. The molecule has 0 fully saturated rings. The largest absolute Gasteiger partial charge is 0.325 e. The molecule has 1 rings (SSSR count). The Morgan fingerprint density at radius 2 is 2.23 bits per heavy atom. The molecule has 0 amide bonds. The SMILES string of the molecule is CC(C)Cc1nc(C#N)c(Br)n1C. The molecule has 0 bridgehead atoms. The van der Waals surface area contributed by atoms with E-state index >= 15 is 0 Å². The zero-order valence-corrected chi connectivity index (χ0v) is 9.59. The second-order valence-corrected chi connectivity index (χ2v) is 4.19. The standard InChI is InChI=1S/C9H12BrN3/c1-6(2)4-8-12-7(5-11)9(10)13(8)3/h6H,4H2,1-3H3. The number of rotatable bonds is 2. The Bertz CT molecular complexity index is 346. The van der Waals surface area contributed by atoms with Crippen molar-refractivity contribution in [3.8, 4) is 6.07 Å². The molecule has 0 saturated carbocycles. The monoisotopic (exact) mass is 241 g/mol. The lowest BCUT2D eigenvalue weighted by Crippen LogP contribution is -2.02. The van der Waals surface area contributed by atoms with E-state index in [-0.39, 0.29) is 0 Å². The molecule has 0 aliphatic rings. The van der Waals surface area contributed by atoms with Gasteiger partial charge in [-0.25, -0.2) is 4.98 Å².